The number of Topliss-reactive ketones (excluding diaryl/α,β-unsaturated/α-hetero) is 1. The van der Waals surface area contributed by atoms with Crippen molar-refractivity contribution >= 4 is 23.5 Å². The van der Waals surface area contributed by atoms with E-state index in [4.69, 9.17) is 0 Å². The molecule has 0 heterocycles. The number of carbonyl (C=O) groups excluding carboxylic acids is 2. The van der Waals surface area contributed by atoms with E-state index in [1.165, 1.54) is 13.0 Å². The molecule has 2 aromatic carbocycles. The summed E-state index contributed by atoms with van der Waals surface area (Å²) in [7, 11) is 0. The first kappa shape index (κ1) is 17.7. The van der Waals surface area contributed by atoms with Crippen LogP contribution in [0.2, 0.25) is 0 Å². The molecule has 0 spiro atoms. The molecule has 5 heteroatoms. The zero-order valence-electron chi connectivity index (χ0n) is 14.0. The monoisotopic (exact) mass is 357 g/mol. The second-order valence-electron chi connectivity index (χ2n) is 6.28. The van der Waals surface area contributed by atoms with E-state index in [0.717, 1.165) is 30.2 Å². The van der Waals surface area contributed by atoms with Crippen LogP contribution in [-0.2, 0) is 4.79 Å². The Kier molecular flexibility index (Phi) is 5.53. The molecule has 1 N–H and O–H groups in total. The Morgan fingerprint density at radius 2 is 1.92 bits per heavy atom. The van der Waals surface area contributed by atoms with Gasteiger partial charge in [-0.25, -0.2) is 4.39 Å². The molecule has 0 aromatic heterocycles. The van der Waals surface area contributed by atoms with Gasteiger partial charge in [-0.1, -0.05) is 36.4 Å². The van der Waals surface area contributed by atoms with E-state index < -0.39 is 5.82 Å². The van der Waals surface area contributed by atoms with E-state index in [9.17, 15) is 14.0 Å². The van der Waals surface area contributed by atoms with Crippen molar-refractivity contribution in [3.8, 4) is 0 Å². The standard InChI is InChI=1S/C20H20FNO2S/c1-13(23)16-9-10-18(17(21)11-16)25-12-19(24)22-20(15-7-8-15)14-5-3-2-4-6-14/h2-6,9-11,15,20H,7-8,12H2,1H3,(H,22,24). The normalized spacial score (nSPS) is 14.8. The van der Waals surface area contributed by atoms with Gasteiger partial charge in [-0.05, 0) is 43.4 Å². The number of carbonyl (C=O) groups is 2. The summed E-state index contributed by atoms with van der Waals surface area (Å²) in [5, 5.41) is 3.08. The van der Waals surface area contributed by atoms with Crippen LogP contribution >= 0.6 is 11.8 Å². The molecule has 3 nitrogen and oxygen atoms in total. The third-order valence-corrected chi connectivity index (χ3v) is 5.31. The first-order chi connectivity index (χ1) is 12.0. The van der Waals surface area contributed by atoms with Gasteiger partial charge >= 0.3 is 0 Å². The van der Waals surface area contributed by atoms with E-state index in [0.29, 0.717) is 16.4 Å². The molecule has 1 fully saturated rings. The van der Waals surface area contributed by atoms with Crippen LogP contribution < -0.4 is 5.32 Å². The maximum atomic E-state index is 14.0. The Morgan fingerprint density at radius 3 is 2.52 bits per heavy atom. The zero-order chi connectivity index (χ0) is 17.8. The smallest absolute Gasteiger partial charge is 0.230 e. The van der Waals surface area contributed by atoms with Gasteiger partial charge in [0.05, 0.1) is 11.8 Å². The van der Waals surface area contributed by atoms with Crippen LogP contribution in [0.25, 0.3) is 0 Å². The highest BCUT2D eigenvalue weighted by molar-refractivity contribution is 8.00. The fraction of sp³-hybridized carbons (Fsp3) is 0.300. The lowest BCUT2D eigenvalue weighted by atomic mass is 10.0. The molecule has 0 aliphatic heterocycles. The minimum absolute atomic E-state index is 0.0271. The number of hydrogen-bond donors (Lipinski definition) is 1. The van der Waals surface area contributed by atoms with Gasteiger partial charge in [0.15, 0.2) is 5.78 Å². The van der Waals surface area contributed by atoms with Crippen LogP contribution in [-0.4, -0.2) is 17.4 Å². The van der Waals surface area contributed by atoms with Crippen molar-refractivity contribution in [2.24, 2.45) is 5.92 Å². The summed E-state index contributed by atoms with van der Waals surface area (Å²) in [6, 6.07) is 14.3. The summed E-state index contributed by atoms with van der Waals surface area (Å²) in [4.78, 5) is 24.0. The Labute approximate surface area is 151 Å². The van der Waals surface area contributed by atoms with Crippen molar-refractivity contribution in [3.05, 3.63) is 65.5 Å². The van der Waals surface area contributed by atoms with Crippen LogP contribution in [0.5, 0.6) is 0 Å². The van der Waals surface area contributed by atoms with Crippen LogP contribution in [0.4, 0.5) is 4.39 Å². The number of halogens is 1. The van der Waals surface area contributed by atoms with E-state index in [-0.39, 0.29) is 23.5 Å². The second kappa shape index (κ2) is 7.83. The summed E-state index contributed by atoms with van der Waals surface area (Å²) in [5.41, 5.74) is 1.45. The van der Waals surface area contributed by atoms with Gasteiger partial charge in [-0.3, -0.25) is 9.59 Å². The number of hydrogen-bond acceptors (Lipinski definition) is 3. The molecule has 0 radical (unpaired) electrons. The lowest BCUT2D eigenvalue weighted by Gasteiger charge is -2.18. The zero-order valence-corrected chi connectivity index (χ0v) is 14.8. The number of benzene rings is 2. The molecule has 1 saturated carbocycles. The molecule has 1 aliphatic rings. The van der Waals surface area contributed by atoms with E-state index in [1.807, 2.05) is 30.3 Å². The topological polar surface area (TPSA) is 46.2 Å². The van der Waals surface area contributed by atoms with Crippen molar-refractivity contribution in [1.82, 2.24) is 5.32 Å². The van der Waals surface area contributed by atoms with Crippen molar-refractivity contribution in [2.45, 2.75) is 30.7 Å². The quantitative estimate of drug-likeness (QED) is 0.590. The molecule has 1 aliphatic carbocycles. The fourth-order valence-corrected chi connectivity index (χ4v) is 3.49. The van der Waals surface area contributed by atoms with Crippen molar-refractivity contribution in [1.29, 1.82) is 0 Å². The number of amides is 1. The Balaban J connectivity index is 1.60. The van der Waals surface area contributed by atoms with Crippen LogP contribution in [0.3, 0.4) is 0 Å². The summed E-state index contributed by atoms with van der Waals surface area (Å²) in [5.74, 6) is -0.119. The van der Waals surface area contributed by atoms with Gasteiger partial charge in [0.25, 0.3) is 0 Å². The average molecular weight is 357 g/mol. The molecule has 1 atom stereocenters. The first-order valence-electron chi connectivity index (χ1n) is 8.32. The summed E-state index contributed by atoms with van der Waals surface area (Å²) < 4.78 is 14.0. The molecule has 1 unspecified atom stereocenters. The fourth-order valence-electron chi connectivity index (χ4n) is 2.76. The Hall–Kier alpha value is -2.14. The molecular weight excluding hydrogens is 337 g/mol. The SMILES string of the molecule is CC(=O)c1ccc(SCC(=O)NC(c2ccccc2)C2CC2)c(F)c1. The molecule has 0 bridgehead atoms. The summed E-state index contributed by atoms with van der Waals surface area (Å²) in [6.07, 6.45) is 2.24. The van der Waals surface area contributed by atoms with E-state index in [2.05, 4.69) is 5.32 Å². The Morgan fingerprint density at radius 1 is 1.20 bits per heavy atom. The van der Waals surface area contributed by atoms with Crippen molar-refractivity contribution in [3.63, 3.8) is 0 Å². The van der Waals surface area contributed by atoms with E-state index in [1.54, 1.807) is 12.1 Å². The molecule has 25 heavy (non-hydrogen) atoms. The van der Waals surface area contributed by atoms with Crippen molar-refractivity contribution in [2.75, 3.05) is 5.75 Å². The highest BCUT2D eigenvalue weighted by Crippen LogP contribution is 2.41. The summed E-state index contributed by atoms with van der Waals surface area (Å²) >= 11 is 1.15. The number of ketones is 1. The lowest BCUT2D eigenvalue weighted by molar-refractivity contribution is -0.119. The average Bonchev–Trinajstić information content (AvgIpc) is 3.44. The summed E-state index contributed by atoms with van der Waals surface area (Å²) in [6.45, 7) is 1.40. The highest BCUT2D eigenvalue weighted by atomic mass is 32.2. The van der Waals surface area contributed by atoms with Gasteiger partial charge in [-0.15, -0.1) is 11.8 Å². The molecular formula is C20H20FNO2S. The predicted molar refractivity (Wildman–Crippen MR) is 97.2 cm³/mol. The van der Waals surface area contributed by atoms with E-state index >= 15 is 0 Å². The third kappa shape index (κ3) is 4.69. The van der Waals surface area contributed by atoms with Crippen LogP contribution in [0.15, 0.2) is 53.4 Å². The van der Waals surface area contributed by atoms with Gasteiger partial charge < -0.3 is 5.32 Å². The first-order valence-corrected chi connectivity index (χ1v) is 9.31. The van der Waals surface area contributed by atoms with Gasteiger partial charge in [-0.2, -0.15) is 0 Å². The van der Waals surface area contributed by atoms with Gasteiger partial charge in [0, 0.05) is 10.5 Å². The minimum atomic E-state index is -0.465. The van der Waals surface area contributed by atoms with Crippen LogP contribution in [0, 0.1) is 11.7 Å². The second-order valence-corrected chi connectivity index (χ2v) is 7.30. The molecule has 2 aromatic rings. The molecule has 3 rings (SSSR count). The number of rotatable bonds is 7. The van der Waals surface area contributed by atoms with Gasteiger partial charge in [0.2, 0.25) is 5.91 Å². The minimum Gasteiger partial charge on any atom is -0.348 e. The lowest BCUT2D eigenvalue weighted by Crippen LogP contribution is -2.31. The highest BCUT2D eigenvalue weighted by Gasteiger charge is 2.33. The molecule has 1 amide bonds. The van der Waals surface area contributed by atoms with Gasteiger partial charge in [0.1, 0.15) is 5.82 Å². The predicted octanol–water partition coefficient (Wildman–Crippen LogP) is 4.39. The molecule has 0 saturated heterocycles. The molecule has 130 valence electrons. The third-order valence-electron chi connectivity index (χ3n) is 4.27. The number of nitrogens with one attached hydrogen (secondary N) is 1. The Bertz CT molecular complexity index is 775. The maximum Gasteiger partial charge on any atom is 0.230 e. The van der Waals surface area contributed by atoms with Crippen molar-refractivity contribution < 1.29 is 14.0 Å². The largest absolute Gasteiger partial charge is 0.348 e. The maximum absolute atomic E-state index is 14.0. The van der Waals surface area contributed by atoms with Crippen LogP contribution in [0.1, 0.15) is 41.7 Å². The number of thioether (sulfide) groups is 1.